The van der Waals surface area contributed by atoms with Crippen LogP contribution in [0.1, 0.15) is 0 Å². The third-order valence-corrected chi connectivity index (χ3v) is 1.66. The van der Waals surface area contributed by atoms with Gasteiger partial charge in [-0.25, -0.2) is 0 Å². The number of hydrogen-bond acceptors (Lipinski definition) is 0. The van der Waals surface area contributed by atoms with Gasteiger partial charge in [-0.1, -0.05) is 48.5 Å². The van der Waals surface area contributed by atoms with Crippen LogP contribution in [0.25, 0.3) is 10.8 Å². The van der Waals surface area contributed by atoms with Gasteiger partial charge in [-0.2, -0.15) is 0 Å². The number of hydrogen-bond donors (Lipinski definition) is 0. The Balaban J connectivity index is 0.000000605. The highest BCUT2D eigenvalue weighted by molar-refractivity contribution is 5.81. The van der Waals surface area contributed by atoms with E-state index >= 15 is 0 Å². The second-order valence-corrected chi connectivity index (χ2v) is 2.35. The lowest BCUT2D eigenvalue weighted by Crippen LogP contribution is -1.67. The van der Waals surface area contributed by atoms with Crippen LogP contribution in [-0.4, -0.2) is 0 Å². The van der Waals surface area contributed by atoms with Gasteiger partial charge in [0.2, 0.25) is 0 Å². The Bertz CT molecular complexity index is 271. The summed E-state index contributed by atoms with van der Waals surface area (Å²) < 4.78 is 0. The maximum atomic E-state index is 2.12. The van der Waals surface area contributed by atoms with Gasteiger partial charge in [0, 0.05) is 0 Å². The Morgan fingerprint density at radius 3 is 1.09 bits per heavy atom. The van der Waals surface area contributed by atoms with Crippen LogP contribution >= 0.6 is 0 Å². The lowest BCUT2D eigenvalue weighted by molar-refractivity contribution is 1.75. The van der Waals surface area contributed by atoms with E-state index in [9.17, 15) is 0 Å². The van der Waals surface area contributed by atoms with Gasteiger partial charge in [-0.05, 0) is 18.2 Å². The molecule has 0 aliphatic heterocycles. The largest absolute Gasteiger partial charge is 0.0616 e. The summed E-state index contributed by atoms with van der Waals surface area (Å²) in [7, 11) is 0. The third-order valence-electron chi connectivity index (χ3n) is 1.66. The van der Waals surface area contributed by atoms with Crippen molar-refractivity contribution < 1.29 is 0 Å². The summed E-state index contributed by atoms with van der Waals surface area (Å²) in [6, 6.07) is 16.7. The maximum absolute atomic E-state index is 2.12. The zero-order valence-electron chi connectivity index (χ0n) is 6.20. The van der Waals surface area contributed by atoms with Gasteiger partial charge < -0.3 is 0 Å². The first-order valence-corrected chi connectivity index (χ1v) is 3.40. The van der Waals surface area contributed by atoms with Gasteiger partial charge in [-0.15, -0.1) is 0 Å². The van der Waals surface area contributed by atoms with Crippen molar-refractivity contribution in [1.82, 2.24) is 0 Å². The van der Waals surface area contributed by atoms with E-state index in [0.717, 1.165) is 0 Å². The van der Waals surface area contributed by atoms with Crippen molar-refractivity contribution in [2.75, 3.05) is 0 Å². The molecule has 2 aromatic rings. The lowest BCUT2D eigenvalue weighted by atomic mass is 10.1. The molecular formula is C11H9. The van der Waals surface area contributed by atoms with E-state index < -0.39 is 0 Å². The molecule has 0 aromatic heterocycles. The molecule has 0 amide bonds. The summed E-state index contributed by atoms with van der Waals surface area (Å²) >= 11 is 0. The molecule has 0 atom stereocenters. The monoisotopic (exact) mass is 141 g/mol. The molecule has 0 aliphatic rings. The minimum Gasteiger partial charge on any atom is -0.0616 e. The first-order chi connectivity index (χ1) is 4.97. The molecule has 2 rings (SSSR count). The molecule has 0 heterocycles. The zero-order valence-corrected chi connectivity index (χ0v) is 6.20. The van der Waals surface area contributed by atoms with Gasteiger partial charge in [-0.3, -0.25) is 0 Å². The number of rotatable bonds is 0. The third kappa shape index (κ3) is 1.40. The number of benzene rings is 2. The van der Waals surface area contributed by atoms with Crippen LogP contribution in [0.5, 0.6) is 0 Å². The molecule has 0 bridgehead atoms. The van der Waals surface area contributed by atoms with Crippen LogP contribution in [-0.2, 0) is 0 Å². The number of fused-ring (bicyclic) bond motifs is 1. The highest BCUT2D eigenvalue weighted by Crippen LogP contribution is 2.11. The van der Waals surface area contributed by atoms with Crippen molar-refractivity contribution in [2.45, 2.75) is 0 Å². The Hall–Kier alpha value is -1.30. The fourth-order valence-corrected chi connectivity index (χ4v) is 1.13. The standard InChI is InChI=1S/C10H8.CH/c1-2-6-10-8-4-3-7-9(10)5-1;/h1-8H;1H. The van der Waals surface area contributed by atoms with Crippen LogP contribution < -0.4 is 0 Å². The SMILES string of the molecule is [CH].c1ccc2ccccc2c1. The van der Waals surface area contributed by atoms with Crippen molar-refractivity contribution in [3.05, 3.63) is 56.0 Å². The Morgan fingerprint density at radius 2 is 0.818 bits per heavy atom. The van der Waals surface area contributed by atoms with E-state index in [-0.39, 0.29) is 7.43 Å². The molecular weight excluding hydrogens is 132 g/mol. The molecule has 0 aliphatic carbocycles. The van der Waals surface area contributed by atoms with Crippen molar-refractivity contribution >= 4 is 10.8 Å². The highest BCUT2D eigenvalue weighted by atomic mass is 13.9. The van der Waals surface area contributed by atoms with Crippen molar-refractivity contribution in [1.29, 1.82) is 0 Å². The lowest BCUT2D eigenvalue weighted by Gasteiger charge is -1.92. The fourth-order valence-electron chi connectivity index (χ4n) is 1.13. The Labute approximate surface area is 67.5 Å². The topological polar surface area (TPSA) is 0 Å². The highest BCUT2D eigenvalue weighted by Gasteiger charge is 1.85. The molecule has 2 aromatic carbocycles. The summed E-state index contributed by atoms with van der Waals surface area (Å²) in [5, 5.41) is 2.62. The molecule has 0 nitrogen and oxygen atoms in total. The fraction of sp³-hybridized carbons (Fsp3) is 0. The first kappa shape index (κ1) is 7.80. The summed E-state index contributed by atoms with van der Waals surface area (Å²) in [4.78, 5) is 0. The molecule has 3 radical (unpaired) electrons. The van der Waals surface area contributed by atoms with E-state index in [1.807, 2.05) is 0 Å². The van der Waals surface area contributed by atoms with E-state index in [0.29, 0.717) is 0 Å². The smallest absolute Gasteiger partial charge is 0.0184 e. The second kappa shape index (κ2) is 3.20. The molecule has 0 unspecified atom stereocenters. The van der Waals surface area contributed by atoms with Crippen LogP contribution in [0, 0.1) is 7.43 Å². The van der Waals surface area contributed by atoms with Gasteiger partial charge in [0.05, 0.1) is 0 Å². The maximum Gasteiger partial charge on any atom is -0.0184 e. The van der Waals surface area contributed by atoms with E-state index in [1.165, 1.54) is 10.8 Å². The van der Waals surface area contributed by atoms with E-state index in [2.05, 4.69) is 48.5 Å². The average molecular weight is 141 g/mol. The van der Waals surface area contributed by atoms with Crippen molar-refractivity contribution in [3.8, 4) is 0 Å². The van der Waals surface area contributed by atoms with Crippen LogP contribution in [0.2, 0.25) is 0 Å². The zero-order chi connectivity index (χ0) is 6.81. The quantitative estimate of drug-likeness (QED) is 0.529. The normalized spacial score (nSPS) is 9.09. The molecule has 11 heavy (non-hydrogen) atoms. The predicted molar refractivity (Wildman–Crippen MR) is 48.2 cm³/mol. The predicted octanol–water partition coefficient (Wildman–Crippen LogP) is 3.04. The minimum absolute atomic E-state index is 0. The van der Waals surface area contributed by atoms with Gasteiger partial charge in [0.15, 0.2) is 0 Å². The average Bonchev–Trinajstić information content (AvgIpc) is 2.05. The van der Waals surface area contributed by atoms with E-state index in [1.54, 1.807) is 0 Å². The van der Waals surface area contributed by atoms with Crippen LogP contribution in [0.15, 0.2) is 48.5 Å². The molecule has 53 valence electrons. The Kier molecular flexibility index (Phi) is 2.27. The Morgan fingerprint density at radius 1 is 0.545 bits per heavy atom. The summed E-state index contributed by atoms with van der Waals surface area (Å²) in [6.45, 7) is 0. The van der Waals surface area contributed by atoms with Gasteiger partial charge in [0.25, 0.3) is 0 Å². The molecule has 0 saturated carbocycles. The summed E-state index contributed by atoms with van der Waals surface area (Å²) in [5.74, 6) is 0. The summed E-state index contributed by atoms with van der Waals surface area (Å²) in [5.41, 5.74) is 0. The molecule has 0 saturated heterocycles. The van der Waals surface area contributed by atoms with Gasteiger partial charge in [0.1, 0.15) is 0 Å². The molecule has 0 heteroatoms. The summed E-state index contributed by atoms with van der Waals surface area (Å²) in [6.07, 6.45) is 0. The van der Waals surface area contributed by atoms with Crippen molar-refractivity contribution in [2.24, 2.45) is 0 Å². The molecule has 0 fully saturated rings. The van der Waals surface area contributed by atoms with Crippen LogP contribution in [0.3, 0.4) is 0 Å². The van der Waals surface area contributed by atoms with E-state index in [4.69, 9.17) is 0 Å². The van der Waals surface area contributed by atoms with Gasteiger partial charge >= 0.3 is 0 Å². The first-order valence-electron chi connectivity index (χ1n) is 3.40. The van der Waals surface area contributed by atoms with Crippen molar-refractivity contribution in [3.63, 3.8) is 0 Å². The molecule has 0 spiro atoms. The molecule has 0 N–H and O–H groups in total. The second-order valence-electron chi connectivity index (χ2n) is 2.35. The minimum atomic E-state index is 0. The van der Waals surface area contributed by atoms with Crippen LogP contribution in [0.4, 0.5) is 0 Å².